The Kier molecular flexibility index (Phi) is 2.61. The van der Waals surface area contributed by atoms with E-state index in [0.717, 1.165) is 12.2 Å². The summed E-state index contributed by atoms with van der Waals surface area (Å²) in [4.78, 5) is 0. The van der Waals surface area contributed by atoms with Gasteiger partial charge in [-0.15, -0.1) is 11.0 Å². The Morgan fingerprint density at radius 1 is 1.55 bits per heavy atom. The molecule has 0 bridgehead atoms. The molecule has 4 nitrogen and oxygen atoms in total. The lowest BCUT2D eigenvalue weighted by Gasteiger charge is -1.94. The molecule has 0 N–H and O–H groups in total. The van der Waals surface area contributed by atoms with Gasteiger partial charge in [-0.3, -0.25) is 0 Å². The predicted octanol–water partition coefficient (Wildman–Crippen LogP) is 0.259. The molecule has 0 aliphatic heterocycles. The smallest absolute Gasteiger partial charge is 0.152 e. The largest absolute Gasteiger partial charge is 0.218 e. The number of aromatic nitrogens is 4. The molecule has 0 unspecified atom stereocenters. The number of nitrogens with zero attached hydrogens (tertiary/aromatic N) is 4. The summed E-state index contributed by atoms with van der Waals surface area (Å²) in [6.07, 6.45) is 0.846. The van der Waals surface area contributed by atoms with Crippen LogP contribution < -0.4 is 0 Å². The van der Waals surface area contributed by atoms with Gasteiger partial charge in [-0.25, -0.2) is 4.68 Å². The Labute approximate surface area is 65.6 Å². The van der Waals surface area contributed by atoms with Crippen molar-refractivity contribution in [2.75, 3.05) is 0 Å². The molecule has 11 heavy (non-hydrogen) atoms. The van der Waals surface area contributed by atoms with E-state index in [1.165, 1.54) is 0 Å². The second-order valence-electron chi connectivity index (χ2n) is 2.03. The summed E-state index contributed by atoms with van der Waals surface area (Å²) >= 11 is 0. The standard InChI is InChI=1S/C7H10N4/c1-3-5-6-11-7(4-2)8-9-10-11/h4,6H2,1-2H3. The van der Waals surface area contributed by atoms with Crippen LogP contribution in [0.5, 0.6) is 0 Å². The SMILES string of the molecule is CC#CCn1nnnc1CC. The maximum absolute atomic E-state index is 3.82. The summed E-state index contributed by atoms with van der Waals surface area (Å²) in [6.45, 7) is 4.41. The lowest BCUT2D eigenvalue weighted by atomic mass is 10.4. The fourth-order valence-corrected chi connectivity index (χ4v) is 0.753. The molecular formula is C7H10N4. The number of hydrogen-bond acceptors (Lipinski definition) is 3. The van der Waals surface area contributed by atoms with Gasteiger partial charge < -0.3 is 0 Å². The highest BCUT2D eigenvalue weighted by Gasteiger charge is 1.99. The van der Waals surface area contributed by atoms with E-state index in [9.17, 15) is 0 Å². The quantitative estimate of drug-likeness (QED) is 0.568. The van der Waals surface area contributed by atoms with E-state index in [1.54, 1.807) is 11.6 Å². The van der Waals surface area contributed by atoms with Gasteiger partial charge in [0.25, 0.3) is 0 Å². The lowest BCUT2D eigenvalue weighted by Crippen LogP contribution is -2.03. The Morgan fingerprint density at radius 2 is 2.36 bits per heavy atom. The summed E-state index contributed by atoms with van der Waals surface area (Å²) in [7, 11) is 0. The molecule has 0 saturated heterocycles. The lowest BCUT2D eigenvalue weighted by molar-refractivity contribution is 0.642. The van der Waals surface area contributed by atoms with Crippen LogP contribution in [0.4, 0.5) is 0 Å². The first kappa shape index (κ1) is 7.73. The first-order valence-electron chi connectivity index (χ1n) is 3.53. The fraction of sp³-hybridized carbons (Fsp3) is 0.571. The monoisotopic (exact) mass is 150 g/mol. The van der Waals surface area contributed by atoms with Crippen LogP contribution in [-0.2, 0) is 13.0 Å². The minimum absolute atomic E-state index is 0.590. The third-order valence-corrected chi connectivity index (χ3v) is 1.33. The van der Waals surface area contributed by atoms with Crippen molar-refractivity contribution >= 4 is 0 Å². The molecule has 0 aliphatic carbocycles. The third kappa shape index (κ3) is 1.77. The number of rotatable bonds is 2. The van der Waals surface area contributed by atoms with Gasteiger partial charge >= 0.3 is 0 Å². The van der Waals surface area contributed by atoms with Crippen LogP contribution in [0.15, 0.2) is 0 Å². The Balaban J connectivity index is 2.73. The number of hydrogen-bond donors (Lipinski definition) is 0. The van der Waals surface area contributed by atoms with Crippen molar-refractivity contribution in [1.82, 2.24) is 20.2 Å². The van der Waals surface area contributed by atoms with Crippen LogP contribution in [0.2, 0.25) is 0 Å². The second kappa shape index (κ2) is 3.71. The van der Waals surface area contributed by atoms with Crippen molar-refractivity contribution in [3.05, 3.63) is 5.82 Å². The Hall–Kier alpha value is -1.37. The van der Waals surface area contributed by atoms with Gasteiger partial charge in [0.05, 0.1) is 0 Å². The van der Waals surface area contributed by atoms with Crippen molar-refractivity contribution in [2.45, 2.75) is 26.8 Å². The molecule has 0 aliphatic rings. The van der Waals surface area contributed by atoms with Gasteiger partial charge in [-0.2, -0.15) is 0 Å². The van der Waals surface area contributed by atoms with Crippen molar-refractivity contribution in [3.8, 4) is 11.8 Å². The zero-order valence-electron chi connectivity index (χ0n) is 6.70. The van der Waals surface area contributed by atoms with Crippen LogP contribution in [0.25, 0.3) is 0 Å². The van der Waals surface area contributed by atoms with Crippen LogP contribution in [-0.4, -0.2) is 20.2 Å². The highest BCUT2D eigenvalue weighted by molar-refractivity contribution is 4.96. The average molecular weight is 150 g/mol. The van der Waals surface area contributed by atoms with Crippen molar-refractivity contribution in [3.63, 3.8) is 0 Å². The summed E-state index contributed by atoms with van der Waals surface area (Å²) in [5.41, 5.74) is 0. The summed E-state index contributed by atoms with van der Waals surface area (Å²) < 4.78 is 1.70. The first-order chi connectivity index (χ1) is 5.38. The van der Waals surface area contributed by atoms with Crippen LogP contribution >= 0.6 is 0 Å². The van der Waals surface area contributed by atoms with Gasteiger partial charge in [-0.05, 0) is 17.4 Å². The van der Waals surface area contributed by atoms with E-state index in [4.69, 9.17) is 0 Å². The van der Waals surface area contributed by atoms with E-state index in [1.807, 2.05) is 6.92 Å². The Bertz CT molecular complexity index is 278. The maximum atomic E-state index is 3.82. The molecule has 1 rings (SSSR count). The molecule has 0 fully saturated rings. The molecule has 1 heterocycles. The highest BCUT2D eigenvalue weighted by atomic mass is 15.5. The molecule has 1 aromatic heterocycles. The normalized spacial score (nSPS) is 8.91. The zero-order chi connectivity index (χ0) is 8.10. The molecule has 0 aromatic carbocycles. The van der Waals surface area contributed by atoms with Crippen molar-refractivity contribution < 1.29 is 0 Å². The average Bonchev–Trinajstić information content (AvgIpc) is 2.47. The van der Waals surface area contributed by atoms with Gasteiger partial charge in [0, 0.05) is 6.42 Å². The van der Waals surface area contributed by atoms with E-state index >= 15 is 0 Å². The molecule has 0 amide bonds. The van der Waals surface area contributed by atoms with Gasteiger partial charge in [-0.1, -0.05) is 12.8 Å². The summed E-state index contributed by atoms with van der Waals surface area (Å²) in [5, 5.41) is 11.1. The van der Waals surface area contributed by atoms with Crippen LogP contribution in [0.3, 0.4) is 0 Å². The molecule has 4 heteroatoms. The molecule has 0 saturated carbocycles. The summed E-state index contributed by atoms with van der Waals surface area (Å²) in [6, 6.07) is 0. The minimum Gasteiger partial charge on any atom is -0.218 e. The number of aryl methyl sites for hydroxylation is 1. The van der Waals surface area contributed by atoms with Gasteiger partial charge in [0.1, 0.15) is 6.54 Å². The molecule has 0 atom stereocenters. The number of tetrazole rings is 1. The van der Waals surface area contributed by atoms with E-state index in [2.05, 4.69) is 27.4 Å². The maximum Gasteiger partial charge on any atom is 0.152 e. The third-order valence-electron chi connectivity index (χ3n) is 1.33. The molecule has 0 spiro atoms. The van der Waals surface area contributed by atoms with Crippen LogP contribution in [0.1, 0.15) is 19.7 Å². The predicted molar refractivity (Wildman–Crippen MR) is 40.6 cm³/mol. The zero-order valence-corrected chi connectivity index (χ0v) is 6.70. The minimum atomic E-state index is 0.590. The van der Waals surface area contributed by atoms with E-state index < -0.39 is 0 Å². The molecule has 58 valence electrons. The Morgan fingerprint density at radius 3 is 3.00 bits per heavy atom. The van der Waals surface area contributed by atoms with Crippen LogP contribution in [0, 0.1) is 11.8 Å². The van der Waals surface area contributed by atoms with Gasteiger partial charge in [0.2, 0.25) is 0 Å². The van der Waals surface area contributed by atoms with Crippen molar-refractivity contribution in [2.24, 2.45) is 0 Å². The fourth-order valence-electron chi connectivity index (χ4n) is 0.753. The van der Waals surface area contributed by atoms with E-state index in [0.29, 0.717) is 6.54 Å². The second-order valence-corrected chi connectivity index (χ2v) is 2.03. The first-order valence-corrected chi connectivity index (χ1v) is 3.53. The molecular weight excluding hydrogens is 140 g/mol. The topological polar surface area (TPSA) is 43.6 Å². The summed E-state index contributed by atoms with van der Waals surface area (Å²) in [5.74, 6) is 6.57. The van der Waals surface area contributed by atoms with Gasteiger partial charge in [0.15, 0.2) is 5.82 Å². The van der Waals surface area contributed by atoms with Crippen molar-refractivity contribution in [1.29, 1.82) is 0 Å². The molecule has 1 aromatic rings. The molecule has 0 radical (unpaired) electrons. The highest BCUT2D eigenvalue weighted by Crippen LogP contribution is 1.90. The van der Waals surface area contributed by atoms with E-state index in [-0.39, 0.29) is 0 Å².